The largest absolute Gasteiger partial charge is 0.352 e. The number of nitrogens with one attached hydrogen (secondary N) is 1. The Morgan fingerprint density at radius 3 is 2.93 bits per heavy atom. The van der Waals surface area contributed by atoms with Gasteiger partial charge in [0, 0.05) is 48.9 Å². The Hall–Kier alpha value is -2.09. The number of aromatic nitrogens is 2. The van der Waals surface area contributed by atoms with E-state index in [0.29, 0.717) is 24.9 Å². The first-order valence-electron chi connectivity index (χ1n) is 9.51. The molecule has 0 saturated carbocycles. The van der Waals surface area contributed by atoms with E-state index in [1.165, 1.54) is 21.2 Å². The lowest BCUT2D eigenvalue weighted by molar-refractivity contribution is -0.120. The molecule has 0 radical (unpaired) electrons. The second kappa shape index (κ2) is 8.51. The van der Waals surface area contributed by atoms with Crippen LogP contribution < -0.4 is 5.32 Å². The summed E-state index contributed by atoms with van der Waals surface area (Å²) >= 11 is 3.29. The third-order valence-corrected chi connectivity index (χ3v) is 7.02. The van der Waals surface area contributed by atoms with Crippen LogP contribution in [0, 0.1) is 0 Å². The van der Waals surface area contributed by atoms with Gasteiger partial charge in [0.25, 0.3) is 0 Å². The maximum Gasteiger partial charge on any atom is 0.225 e. The zero-order valence-electron chi connectivity index (χ0n) is 16.1. The van der Waals surface area contributed by atoms with Crippen molar-refractivity contribution in [1.82, 2.24) is 20.2 Å². The summed E-state index contributed by atoms with van der Waals surface area (Å²) in [5.74, 6) is 0.588. The Morgan fingerprint density at radius 1 is 1.32 bits per heavy atom. The first-order chi connectivity index (χ1) is 13.6. The average molecular weight is 413 g/mol. The molecule has 0 spiro atoms. The maximum absolute atomic E-state index is 12.1. The predicted molar refractivity (Wildman–Crippen MR) is 115 cm³/mol. The molecule has 3 aromatic rings. The lowest BCUT2D eigenvalue weighted by Gasteiger charge is -2.41. The van der Waals surface area contributed by atoms with Crippen molar-refractivity contribution in [1.29, 1.82) is 0 Å². The quantitative estimate of drug-likeness (QED) is 0.639. The monoisotopic (exact) mass is 412 g/mol. The number of hydrogen-bond donors (Lipinski definition) is 1. The van der Waals surface area contributed by atoms with Gasteiger partial charge in [-0.05, 0) is 31.0 Å². The number of benzene rings is 1. The van der Waals surface area contributed by atoms with Crippen LogP contribution in [0.3, 0.4) is 0 Å². The molecule has 2 aromatic heterocycles. The fourth-order valence-corrected chi connectivity index (χ4v) is 4.88. The number of likely N-dealkylation sites (tertiary alicyclic amines) is 1. The van der Waals surface area contributed by atoms with E-state index in [-0.39, 0.29) is 5.91 Å². The van der Waals surface area contributed by atoms with Crippen LogP contribution in [-0.2, 0) is 17.8 Å². The van der Waals surface area contributed by atoms with Crippen LogP contribution in [0.4, 0.5) is 0 Å². The van der Waals surface area contributed by atoms with Crippen molar-refractivity contribution in [2.45, 2.75) is 38.8 Å². The highest BCUT2D eigenvalue weighted by molar-refractivity contribution is 7.15. The van der Waals surface area contributed by atoms with Crippen molar-refractivity contribution >= 4 is 28.6 Å². The SMILES string of the molecule is CC(C)N1CC(c2ncc(-c3cccc(CNC(=O)Cc4cncs4)c3)s2)C1. The number of hydrogen-bond acceptors (Lipinski definition) is 6. The van der Waals surface area contributed by atoms with Crippen molar-refractivity contribution in [2.75, 3.05) is 13.1 Å². The fourth-order valence-electron chi connectivity index (χ4n) is 3.29. The van der Waals surface area contributed by atoms with E-state index < -0.39 is 0 Å². The van der Waals surface area contributed by atoms with Crippen LogP contribution >= 0.6 is 22.7 Å². The highest BCUT2D eigenvalue weighted by atomic mass is 32.1. The smallest absolute Gasteiger partial charge is 0.225 e. The molecule has 5 nitrogen and oxygen atoms in total. The van der Waals surface area contributed by atoms with Crippen LogP contribution in [0.5, 0.6) is 0 Å². The van der Waals surface area contributed by atoms with E-state index >= 15 is 0 Å². The number of carbonyl (C=O) groups excluding carboxylic acids is 1. The van der Waals surface area contributed by atoms with Crippen molar-refractivity contribution in [3.63, 3.8) is 0 Å². The van der Waals surface area contributed by atoms with Gasteiger partial charge in [-0.15, -0.1) is 22.7 Å². The molecule has 0 aliphatic carbocycles. The molecule has 0 atom stereocenters. The van der Waals surface area contributed by atoms with E-state index in [9.17, 15) is 4.79 Å². The Balaban J connectivity index is 1.35. The molecule has 1 aromatic carbocycles. The topological polar surface area (TPSA) is 58.1 Å². The molecule has 28 heavy (non-hydrogen) atoms. The molecule has 3 heterocycles. The van der Waals surface area contributed by atoms with Crippen molar-refractivity contribution in [2.24, 2.45) is 0 Å². The van der Waals surface area contributed by atoms with Gasteiger partial charge >= 0.3 is 0 Å². The van der Waals surface area contributed by atoms with Gasteiger partial charge in [-0.1, -0.05) is 18.2 Å². The zero-order valence-corrected chi connectivity index (χ0v) is 17.7. The minimum absolute atomic E-state index is 0.0226. The second-order valence-electron chi connectivity index (χ2n) is 7.43. The van der Waals surface area contributed by atoms with Crippen molar-refractivity contribution in [3.8, 4) is 10.4 Å². The van der Waals surface area contributed by atoms with E-state index in [4.69, 9.17) is 0 Å². The molecule has 7 heteroatoms. The predicted octanol–water partition coefficient (Wildman–Crippen LogP) is 3.93. The maximum atomic E-state index is 12.1. The molecule has 0 bridgehead atoms. The van der Waals surface area contributed by atoms with Crippen molar-refractivity contribution < 1.29 is 4.79 Å². The number of carbonyl (C=O) groups is 1. The summed E-state index contributed by atoms with van der Waals surface area (Å²) in [6.45, 7) is 7.23. The summed E-state index contributed by atoms with van der Waals surface area (Å²) < 4.78 is 0. The molecule has 1 fully saturated rings. The molecule has 1 N–H and O–H groups in total. The van der Waals surface area contributed by atoms with Gasteiger partial charge < -0.3 is 5.32 Å². The van der Waals surface area contributed by atoms with Crippen LogP contribution in [0.25, 0.3) is 10.4 Å². The summed E-state index contributed by atoms with van der Waals surface area (Å²) in [6, 6.07) is 8.96. The van der Waals surface area contributed by atoms with Gasteiger partial charge in [-0.25, -0.2) is 4.98 Å². The molecular weight excluding hydrogens is 388 g/mol. The van der Waals surface area contributed by atoms with Gasteiger partial charge in [-0.3, -0.25) is 14.7 Å². The zero-order chi connectivity index (χ0) is 19.5. The first kappa shape index (κ1) is 19.2. The number of thiazole rings is 2. The normalized spacial score (nSPS) is 15.0. The number of nitrogens with zero attached hydrogens (tertiary/aromatic N) is 3. The van der Waals surface area contributed by atoms with Crippen molar-refractivity contribution in [3.05, 3.63) is 57.6 Å². The molecule has 1 amide bonds. The van der Waals surface area contributed by atoms with E-state index in [1.54, 1.807) is 23.0 Å². The summed E-state index contributed by atoms with van der Waals surface area (Å²) in [5, 5.41) is 4.23. The molecular formula is C21H24N4OS2. The Bertz CT molecular complexity index is 930. The molecule has 4 rings (SSSR count). The molecule has 146 valence electrons. The van der Waals surface area contributed by atoms with E-state index in [0.717, 1.165) is 29.1 Å². The van der Waals surface area contributed by atoms with Gasteiger partial charge in [0.2, 0.25) is 5.91 Å². The van der Waals surface area contributed by atoms with Gasteiger partial charge in [0.05, 0.1) is 21.8 Å². The molecule has 1 aliphatic heterocycles. The lowest BCUT2D eigenvalue weighted by atomic mass is 9.99. The molecule has 1 saturated heterocycles. The molecule has 1 aliphatic rings. The lowest BCUT2D eigenvalue weighted by Crippen LogP contribution is -2.48. The Kier molecular flexibility index (Phi) is 5.85. The van der Waals surface area contributed by atoms with E-state index in [2.05, 4.69) is 46.2 Å². The van der Waals surface area contributed by atoms with Crippen LogP contribution in [0.1, 0.15) is 35.2 Å². The third-order valence-electron chi connectivity index (χ3n) is 5.03. The van der Waals surface area contributed by atoms with Gasteiger partial charge in [0.1, 0.15) is 0 Å². The summed E-state index contributed by atoms with van der Waals surface area (Å²) in [7, 11) is 0. The summed E-state index contributed by atoms with van der Waals surface area (Å²) in [5.41, 5.74) is 4.01. The van der Waals surface area contributed by atoms with Crippen LogP contribution in [0.15, 0.2) is 42.2 Å². The number of rotatable bonds is 7. The van der Waals surface area contributed by atoms with Crippen LogP contribution in [0.2, 0.25) is 0 Å². The number of amides is 1. The summed E-state index contributed by atoms with van der Waals surface area (Å²) in [6.07, 6.45) is 4.12. The standard InChI is InChI=1S/C21H24N4OS2/c1-14(2)25-11-17(12-25)21-24-10-19(28-21)16-5-3-4-15(6-16)8-23-20(26)7-18-9-22-13-27-18/h3-6,9-10,13-14,17H,7-8,11-12H2,1-2H3,(H,23,26). The summed E-state index contributed by atoms with van der Waals surface area (Å²) in [4.78, 5) is 25.4. The highest BCUT2D eigenvalue weighted by Crippen LogP contribution is 2.35. The fraction of sp³-hybridized carbons (Fsp3) is 0.381. The second-order valence-corrected chi connectivity index (χ2v) is 9.46. The Labute approximate surface area is 173 Å². The van der Waals surface area contributed by atoms with Gasteiger partial charge in [-0.2, -0.15) is 0 Å². The first-order valence-corrected chi connectivity index (χ1v) is 11.2. The highest BCUT2D eigenvalue weighted by Gasteiger charge is 2.31. The van der Waals surface area contributed by atoms with Gasteiger partial charge in [0.15, 0.2) is 0 Å². The minimum Gasteiger partial charge on any atom is -0.352 e. The van der Waals surface area contributed by atoms with Crippen LogP contribution in [-0.4, -0.2) is 39.9 Å². The Morgan fingerprint density at radius 2 is 2.18 bits per heavy atom. The average Bonchev–Trinajstić information content (AvgIpc) is 3.31. The minimum atomic E-state index is 0.0226. The molecule has 0 unspecified atom stereocenters. The van der Waals surface area contributed by atoms with E-state index in [1.807, 2.05) is 18.3 Å². The third kappa shape index (κ3) is 4.48.